The molecule has 0 aliphatic carbocycles. The van der Waals surface area contributed by atoms with Gasteiger partial charge in [-0.3, -0.25) is 9.00 Å². The third-order valence-electron chi connectivity index (χ3n) is 1.88. The SMILES string of the molecule is COC(=O)CC(C)S(=O)Cc1nccs1. The molecule has 0 saturated heterocycles. The largest absolute Gasteiger partial charge is 0.469 e. The van der Waals surface area contributed by atoms with Crippen LogP contribution in [0.2, 0.25) is 0 Å². The number of esters is 1. The zero-order chi connectivity index (χ0) is 11.3. The molecule has 2 atom stereocenters. The van der Waals surface area contributed by atoms with Gasteiger partial charge in [-0.05, 0) is 0 Å². The summed E-state index contributed by atoms with van der Waals surface area (Å²) in [6, 6.07) is 0. The Bertz CT molecular complexity index is 337. The van der Waals surface area contributed by atoms with E-state index in [2.05, 4.69) is 9.72 Å². The maximum Gasteiger partial charge on any atom is 0.306 e. The van der Waals surface area contributed by atoms with Crippen LogP contribution < -0.4 is 0 Å². The summed E-state index contributed by atoms with van der Waals surface area (Å²) in [6.45, 7) is 1.78. The van der Waals surface area contributed by atoms with Gasteiger partial charge in [0, 0.05) is 27.6 Å². The average molecular weight is 247 g/mol. The van der Waals surface area contributed by atoms with Gasteiger partial charge in [0.2, 0.25) is 0 Å². The van der Waals surface area contributed by atoms with Gasteiger partial charge in [0.15, 0.2) is 0 Å². The second kappa shape index (κ2) is 5.97. The van der Waals surface area contributed by atoms with Crippen LogP contribution in [-0.2, 0) is 26.1 Å². The first kappa shape index (κ1) is 12.3. The lowest BCUT2D eigenvalue weighted by Gasteiger charge is -2.08. The predicted molar refractivity (Wildman–Crippen MR) is 60.1 cm³/mol. The third-order valence-corrected chi connectivity index (χ3v) is 4.46. The molecular weight excluding hydrogens is 234 g/mol. The summed E-state index contributed by atoms with van der Waals surface area (Å²) in [6.07, 6.45) is 1.87. The summed E-state index contributed by atoms with van der Waals surface area (Å²) in [5.74, 6) is 0.0884. The van der Waals surface area contributed by atoms with E-state index in [1.54, 1.807) is 13.1 Å². The molecule has 0 N–H and O–H groups in total. The van der Waals surface area contributed by atoms with Crippen molar-refractivity contribution >= 4 is 28.1 Å². The molecule has 0 amide bonds. The van der Waals surface area contributed by atoms with Gasteiger partial charge in [-0.2, -0.15) is 0 Å². The second-order valence-corrected chi connectivity index (χ2v) is 5.88. The lowest BCUT2D eigenvalue weighted by atomic mass is 10.3. The standard InChI is InChI=1S/C9H13NO3S2/c1-7(5-9(11)13-2)15(12)6-8-10-3-4-14-8/h3-4,7H,5-6H2,1-2H3. The summed E-state index contributed by atoms with van der Waals surface area (Å²) < 4.78 is 16.3. The number of carbonyl (C=O) groups is 1. The van der Waals surface area contributed by atoms with E-state index in [0.29, 0.717) is 5.75 Å². The molecule has 0 spiro atoms. The number of thiazole rings is 1. The zero-order valence-corrected chi connectivity index (χ0v) is 10.3. The van der Waals surface area contributed by atoms with E-state index in [0.717, 1.165) is 5.01 Å². The minimum Gasteiger partial charge on any atom is -0.469 e. The molecular formula is C9H13NO3S2. The molecule has 1 heterocycles. The van der Waals surface area contributed by atoms with Gasteiger partial charge in [-0.15, -0.1) is 11.3 Å². The van der Waals surface area contributed by atoms with Crippen molar-refractivity contribution in [1.29, 1.82) is 0 Å². The van der Waals surface area contributed by atoms with Crippen molar-refractivity contribution in [2.45, 2.75) is 24.3 Å². The maximum absolute atomic E-state index is 11.7. The van der Waals surface area contributed by atoms with Crippen molar-refractivity contribution in [1.82, 2.24) is 4.98 Å². The Morgan fingerprint density at radius 2 is 2.47 bits per heavy atom. The predicted octanol–water partition coefficient (Wildman–Crippen LogP) is 1.34. The highest BCUT2D eigenvalue weighted by molar-refractivity contribution is 7.85. The Balaban J connectivity index is 2.43. The number of hydrogen-bond acceptors (Lipinski definition) is 5. The molecule has 4 nitrogen and oxygen atoms in total. The van der Waals surface area contributed by atoms with E-state index in [4.69, 9.17) is 0 Å². The Kier molecular flexibility index (Phi) is 4.90. The van der Waals surface area contributed by atoms with E-state index < -0.39 is 10.8 Å². The Morgan fingerprint density at radius 1 is 1.73 bits per heavy atom. The fraction of sp³-hybridized carbons (Fsp3) is 0.556. The van der Waals surface area contributed by atoms with Crippen molar-refractivity contribution in [3.05, 3.63) is 16.6 Å². The number of methoxy groups -OCH3 is 1. The van der Waals surface area contributed by atoms with Crippen LogP contribution in [0.1, 0.15) is 18.4 Å². The topological polar surface area (TPSA) is 56.3 Å². The monoisotopic (exact) mass is 247 g/mol. The van der Waals surface area contributed by atoms with Crippen molar-refractivity contribution < 1.29 is 13.7 Å². The number of aromatic nitrogens is 1. The van der Waals surface area contributed by atoms with Crippen molar-refractivity contribution in [2.75, 3.05) is 7.11 Å². The van der Waals surface area contributed by atoms with Gasteiger partial charge in [0.05, 0.1) is 19.3 Å². The molecule has 1 rings (SSSR count). The number of hydrogen-bond donors (Lipinski definition) is 0. The highest BCUT2D eigenvalue weighted by atomic mass is 32.2. The smallest absolute Gasteiger partial charge is 0.306 e. The molecule has 0 bridgehead atoms. The van der Waals surface area contributed by atoms with E-state index in [1.807, 2.05) is 5.38 Å². The lowest BCUT2D eigenvalue weighted by Crippen LogP contribution is -2.18. The molecule has 1 aromatic rings. The van der Waals surface area contributed by atoms with Gasteiger partial charge in [-0.25, -0.2) is 4.98 Å². The number of nitrogens with zero attached hydrogens (tertiary/aromatic N) is 1. The normalized spacial score (nSPS) is 14.5. The zero-order valence-electron chi connectivity index (χ0n) is 8.63. The van der Waals surface area contributed by atoms with Gasteiger partial charge in [0.25, 0.3) is 0 Å². The van der Waals surface area contributed by atoms with Gasteiger partial charge in [0.1, 0.15) is 5.01 Å². The Hall–Kier alpha value is -0.750. The first-order chi connectivity index (χ1) is 7.13. The van der Waals surface area contributed by atoms with Crippen LogP contribution in [0.3, 0.4) is 0 Å². The molecule has 15 heavy (non-hydrogen) atoms. The average Bonchev–Trinajstić information content (AvgIpc) is 2.70. The Morgan fingerprint density at radius 3 is 3.00 bits per heavy atom. The fourth-order valence-electron chi connectivity index (χ4n) is 0.999. The molecule has 6 heteroatoms. The summed E-state index contributed by atoms with van der Waals surface area (Å²) in [5, 5.41) is 2.49. The Labute approximate surface area is 95.1 Å². The van der Waals surface area contributed by atoms with Crippen LogP contribution in [0, 0.1) is 0 Å². The van der Waals surface area contributed by atoms with Crippen LogP contribution in [-0.4, -0.2) is 27.5 Å². The van der Waals surface area contributed by atoms with Crippen molar-refractivity contribution in [3.63, 3.8) is 0 Å². The minimum atomic E-state index is -1.07. The molecule has 84 valence electrons. The van der Waals surface area contributed by atoms with Crippen LogP contribution >= 0.6 is 11.3 Å². The summed E-state index contributed by atoms with van der Waals surface area (Å²) in [4.78, 5) is 15.0. The summed E-state index contributed by atoms with van der Waals surface area (Å²) in [7, 11) is 0.263. The molecule has 0 saturated carbocycles. The number of rotatable bonds is 5. The van der Waals surface area contributed by atoms with Crippen LogP contribution in [0.4, 0.5) is 0 Å². The quantitative estimate of drug-likeness (QED) is 0.737. The first-order valence-corrected chi connectivity index (χ1v) is 6.72. The van der Waals surface area contributed by atoms with E-state index in [-0.39, 0.29) is 17.6 Å². The van der Waals surface area contributed by atoms with E-state index >= 15 is 0 Å². The third kappa shape index (κ3) is 4.09. The van der Waals surface area contributed by atoms with Crippen molar-refractivity contribution in [2.24, 2.45) is 0 Å². The molecule has 2 unspecified atom stereocenters. The van der Waals surface area contributed by atoms with Gasteiger partial charge in [-0.1, -0.05) is 6.92 Å². The van der Waals surface area contributed by atoms with Gasteiger partial charge < -0.3 is 4.74 Å². The van der Waals surface area contributed by atoms with Gasteiger partial charge >= 0.3 is 5.97 Å². The van der Waals surface area contributed by atoms with Crippen LogP contribution in [0.15, 0.2) is 11.6 Å². The molecule has 0 radical (unpaired) electrons. The summed E-state index contributed by atoms with van der Waals surface area (Å²) in [5.41, 5.74) is 0. The highest BCUT2D eigenvalue weighted by Gasteiger charge is 2.16. The maximum atomic E-state index is 11.7. The lowest BCUT2D eigenvalue weighted by molar-refractivity contribution is -0.140. The molecule has 0 aliphatic heterocycles. The molecule has 0 fully saturated rings. The van der Waals surface area contributed by atoms with Crippen LogP contribution in [0.25, 0.3) is 0 Å². The molecule has 1 aromatic heterocycles. The minimum absolute atomic E-state index is 0.189. The number of carbonyl (C=O) groups excluding carboxylic acids is 1. The highest BCUT2D eigenvalue weighted by Crippen LogP contribution is 2.12. The van der Waals surface area contributed by atoms with E-state index in [9.17, 15) is 9.00 Å². The summed E-state index contributed by atoms with van der Waals surface area (Å²) >= 11 is 1.47. The number of ether oxygens (including phenoxy) is 1. The van der Waals surface area contributed by atoms with Crippen molar-refractivity contribution in [3.8, 4) is 0 Å². The second-order valence-electron chi connectivity index (χ2n) is 3.04. The fourth-order valence-corrected chi connectivity index (χ4v) is 2.94. The van der Waals surface area contributed by atoms with Crippen LogP contribution in [0.5, 0.6) is 0 Å². The molecule has 0 aromatic carbocycles. The molecule has 0 aliphatic rings. The van der Waals surface area contributed by atoms with E-state index in [1.165, 1.54) is 18.4 Å². The first-order valence-electron chi connectivity index (χ1n) is 4.46.